The second kappa shape index (κ2) is 8.56. The molecule has 4 aromatic rings. The molecule has 6 heteroatoms. The van der Waals surface area contributed by atoms with Crippen LogP contribution in [0.2, 0.25) is 0 Å². The number of carbonyl (C=O) groups is 1. The molecule has 1 aliphatic rings. The van der Waals surface area contributed by atoms with Gasteiger partial charge in [0, 0.05) is 6.54 Å². The van der Waals surface area contributed by atoms with Crippen molar-refractivity contribution >= 4 is 17.1 Å². The van der Waals surface area contributed by atoms with Crippen molar-refractivity contribution in [1.29, 1.82) is 5.26 Å². The van der Waals surface area contributed by atoms with Crippen LogP contribution in [0.4, 0.5) is 4.79 Å². The summed E-state index contributed by atoms with van der Waals surface area (Å²) in [7, 11) is 0. The second-order valence-corrected chi connectivity index (χ2v) is 7.93. The molecule has 0 saturated carbocycles. The van der Waals surface area contributed by atoms with E-state index < -0.39 is 0 Å². The number of imidazole rings is 1. The maximum atomic E-state index is 12.7. The summed E-state index contributed by atoms with van der Waals surface area (Å²) in [6.45, 7) is 0.919. The first-order chi connectivity index (χ1) is 15.7. The highest BCUT2D eigenvalue weighted by Gasteiger charge is 2.33. The molecule has 1 aromatic heterocycles. The van der Waals surface area contributed by atoms with Gasteiger partial charge >= 0.3 is 6.09 Å². The quantitative estimate of drug-likeness (QED) is 0.466. The van der Waals surface area contributed by atoms with E-state index in [-0.39, 0.29) is 18.7 Å². The number of aromatic nitrogens is 2. The third kappa shape index (κ3) is 3.93. The average Bonchev–Trinajstić information content (AvgIpc) is 3.50. The molecule has 5 rings (SSSR count). The van der Waals surface area contributed by atoms with E-state index in [1.165, 1.54) is 0 Å². The van der Waals surface area contributed by atoms with Gasteiger partial charge in [0.05, 0.1) is 28.7 Å². The van der Waals surface area contributed by atoms with Crippen LogP contribution in [0, 0.1) is 11.3 Å². The minimum Gasteiger partial charge on any atom is -0.445 e. The van der Waals surface area contributed by atoms with Crippen molar-refractivity contribution in [2.24, 2.45) is 0 Å². The number of fused-ring (bicyclic) bond motifs is 1. The molecule has 2 heterocycles. The van der Waals surface area contributed by atoms with E-state index in [0.717, 1.165) is 46.4 Å². The first kappa shape index (κ1) is 19.8. The molecule has 1 fully saturated rings. The fraction of sp³-hybridized carbons (Fsp3) is 0.192. The molecule has 1 aliphatic heterocycles. The molecular formula is C26H22N4O2. The summed E-state index contributed by atoms with van der Waals surface area (Å²) in [5.74, 6) is 0.783. The van der Waals surface area contributed by atoms with Crippen molar-refractivity contribution in [3.05, 3.63) is 89.7 Å². The highest BCUT2D eigenvalue weighted by atomic mass is 16.6. The Bertz CT molecular complexity index is 1290. The number of aromatic amines is 1. The molecule has 0 aliphatic carbocycles. The van der Waals surface area contributed by atoms with E-state index in [1.807, 2.05) is 66.7 Å². The zero-order valence-corrected chi connectivity index (χ0v) is 17.5. The molecule has 1 amide bonds. The molecule has 0 bridgehead atoms. The molecule has 6 nitrogen and oxygen atoms in total. The van der Waals surface area contributed by atoms with Gasteiger partial charge in [-0.05, 0) is 53.8 Å². The van der Waals surface area contributed by atoms with Crippen LogP contribution < -0.4 is 0 Å². The largest absolute Gasteiger partial charge is 0.445 e. The first-order valence-corrected chi connectivity index (χ1v) is 10.7. The average molecular weight is 422 g/mol. The zero-order chi connectivity index (χ0) is 21.9. The molecule has 0 unspecified atom stereocenters. The Morgan fingerprint density at radius 2 is 1.88 bits per heavy atom. The van der Waals surface area contributed by atoms with Gasteiger partial charge in [0.25, 0.3) is 0 Å². The van der Waals surface area contributed by atoms with Gasteiger partial charge in [0.2, 0.25) is 0 Å². The number of hydrogen-bond donors (Lipinski definition) is 1. The molecular weight excluding hydrogens is 400 g/mol. The topological polar surface area (TPSA) is 82.0 Å². The lowest BCUT2D eigenvalue weighted by molar-refractivity contribution is 0.0910. The van der Waals surface area contributed by atoms with E-state index in [4.69, 9.17) is 15.0 Å². The summed E-state index contributed by atoms with van der Waals surface area (Å²) in [4.78, 5) is 22.7. The minimum absolute atomic E-state index is 0.121. The normalized spacial score (nSPS) is 15.6. The summed E-state index contributed by atoms with van der Waals surface area (Å²) >= 11 is 0. The van der Waals surface area contributed by atoms with E-state index in [9.17, 15) is 4.79 Å². The Labute approximate surface area is 186 Å². The lowest BCUT2D eigenvalue weighted by Gasteiger charge is -2.22. The zero-order valence-electron chi connectivity index (χ0n) is 17.5. The van der Waals surface area contributed by atoms with E-state index in [2.05, 4.69) is 17.1 Å². The Morgan fingerprint density at radius 3 is 2.66 bits per heavy atom. The summed E-state index contributed by atoms with van der Waals surface area (Å²) in [6, 6.07) is 25.3. The molecule has 0 radical (unpaired) electrons. The predicted molar refractivity (Wildman–Crippen MR) is 122 cm³/mol. The number of carbonyl (C=O) groups excluding carboxylic acids is 1. The Balaban J connectivity index is 1.35. The SMILES string of the molecule is N#Cc1ccc(-c2ccc3nc([C@@H]4CCCN4C(=O)OCc4ccccc4)[nH]c3c2)cc1. The van der Waals surface area contributed by atoms with Crippen LogP contribution in [-0.4, -0.2) is 27.5 Å². The van der Waals surface area contributed by atoms with Gasteiger partial charge in [-0.3, -0.25) is 4.90 Å². The number of nitrogens with one attached hydrogen (secondary N) is 1. The number of rotatable bonds is 4. The van der Waals surface area contributed by atoms with Crippen LogP contribution in [0.15, 0.2) is 72.8 Å². The Hall–Kier alpha value is -4.11. The monoisotopic (exact) mass is 422 g/mol. The van der Waals surface area contributed by atoms with Crippen LogP contribution in [0.25, 0.3) is 22.2 Å². The summed E-state index contributed by atoms with van der Waals surface area (Å²) in [6.07, 6.45) is 1.46. The number of nitrogens with zero attached hydrogens (tertiary/aromatic N) is 3. The van der Waals surface area contributed by atoms with Gasteiger partial charge in [0.15, 0.2) is 0 Å². The van der Waals surface area contributed by atoms with Gasteiger partial charge in [0.1, 0.15) is 12.4 Å². The van der Waals surface area contributed by atoms with Crippen LogP contribution in [0.3, 0.4) is 0 Å². The maximum Gasteiger partial charge on any atom is 0.410 e. The Morgan fingerprint density at radius 1 is 1.09 bits per heavy atom. The van der Waals surface area contributed by atoms with Crippen molar-refractivity contribution in [3.8, 4) is 17.2 Å². The Kier molecular flexibility index (Phi) is 5.30. The highest BCUT2D eigenvalue weighted by molar-refractivity contribution is 5.82. The third-order valence-corrected chi connectivity index (χ3v) is 5.86. The number of hydrogen-bond acceptors (Lipinski definition) is 4. The standard InChI is InChI=1S/C26H22N4O2/c27-16-18-8-10-20(11-9-18)21-12-13-22-23(15-21)29-25(28-22)24-7-4-14-30(24)26(31)32-17-19-5-2-1-3-6-19/h1-3,5-6,8-13,15,24H,4,7,14,17H2,(H,28,29)/t24-/m0/s1. The molecule has 32 heavy (non-hydrogen) atoms. The number of ether oxygens (including phenoxy) is 1. The van der Waals surface area contributed by atoms with Gasteiger partial charge in [-0.25, -0.2) is 9.78 Å². The molecule has 3 aromatic carbocycles. The molecule has 0 spiro atoms. The summed E-state index contributed by atoms with van der Waals surface area (Å²) in [5, 5.41) is 9.00. The smallest absolute Gasteiger partial charge is 0.410 e. The predicted octanol–water partition coefficient (Wildman–Crippen LogP) is 5.58. The first-order valence-electron chi connectivity index (χ1n) is 10.7. The maximum absolute atomic E-state index is 12.7. The van der Waals surface area contributed by atoms with Crippen LogP contribution in [0.5, 0.6) is 0 Å². The summed E-state index contributed by atoms with van der Waals surface area (Å²) < 4.78 is 5.56. The van der Waals surface area contributed by atoms with Gasteiger partial charge in [-0.2, -0.15) is 5.26 Å². The van der Waals surface area contributed by atoms with Crippen molar-refractivity contribution < 1.29 is 9.53 Å². The van der Waals surface area contributed by atoms with E-state index in [0.29, 0.717) is 12.1 Å². The molecule has 158 valence electrons. The third-order valence-electron chi connectivity index (χ3n) is 5.86. The number of benzene rings is 3. The van der Waals surface area contributed by atoms with Crippen LogP contribution in [-0.2, 0) is 11.3 Å². The van der Waals surface area contributed by atoms with Gasteiger partial charge in [-0.1, -0.05) is 48.5 Å². The fourth-order valence-corrected chi connectivity index (χ4v) is 4.18. The lowest BCUT2D eigenvalue weighted by atomic mass is 10.0. The number of amides is 1. The number of H-pyrrole nitrogens is 1. The second-order valence-electron chi connectivity index (χ2n) is 7.93. The molecule has 1 N–H and O–H groups in total. The molecule has 1 atom stereocenters. The van der Waals surface area contributed by atoms with Crippen molar-refractivity contribution in [2.45, 2.75) is 25.5 Å². The van der Waals surface area contributed by atoms with E-state index in [1.54, 1.807) is 4.90 Å². The van der Waals surface area contributed by atoms with Crippen molar-refractivity contribution in [1.82, 2.24) is 14.9 Å². The minimum atomic E-state index is -0.310. The van der Waals surface area contributed by atoms with Crippen LogP contribution in [0.1, 0.15) is 35.8 Å². The summed E-state index contributed by atoms with van der Waals surface area (Å²) in [5.41, 5.74) is 5.47. The number of likely N-dealkylation sites (tertiary alicyclic amines) is 1. The van der Waals surface area contributed by atoms with Gasteiger partial charge in [-0.15, -0.1) is 0 Å². The van der Waals surface area contributed by atoms with Crippen molar-refractivity contribution in [3.63, 3.8) is 0 Å². The molecule has 1 saturated heterocycles. The van der Waals surface area contributed by atoms with Gasteiger partial charge < -0.3 is 9.72 Å². The lowest BCUT2D eigenvalue weighted by Crippen LogP contribution is -2.31. The number of nitriles is 1. The van der Waals surface area contributed by atoms with E-state index >= 15 is 0 Å². The highest BCUT2D eigenvalue weighted by Crippen LogP contribution is 2.33. The van der Waals surface area contributed by atoms with Crippen molar-refractivity contribution in [2.75, 3.05) is 6.54 Å². The fourth-order valence-electron chi connectivity index (χ4n) is 4.18. The van der Waals surface area contributed by atoms with Crippen LogP contribution >= 0.6 is 0 Å².